The molecule has 0 radical (unpaired) electrons. The van der Waals surface area contributed by atoms with Gasteiger partial charge in [-0.25, -0.2) is 0 Å². The second-order valence-electron chi connectivity index (χ2n) is 4.98. The van der Waals surface area contributed by atoms with E-state index in [9.17, 15) is 4.79 Å². The number of benzene rings is 2. The third-order valence-corrected chi connectivity index (χ3v) is 4.47. The fourth-order valence-corrected chi connectivity index (χ4v) is 2.99. The molecule has 3 aromatic rings. The number of rotatable bonds is 3. The van der Waals surface area contributed by atoms with E-state index in [1.165, 1.54) is 0 Å². The number of fused-ring (bicyclic) bond motifs is 1. The zero-order valence-electron chi connectivity index (χ0n) is 12.0. The Bertz CT molecular complexity index is 884. The van der Waals surface area contributed by atoms with Gasteiger partial charge in [-0.15, -0.1) is 0 Å². The molecule has 22 heavy (non-hydrogen) atoms. The number of hydrogen-bond donors (Lipinski definition) is 1. The predicted molar refractivity (Wildman–Crippen MR) is 90.4 cm³/mol. The molecule has 112 valence electrons. The number of carbonyl (C=O) groups excluding carboxylic acids is 1. The minimum atomic E-state index is 0.491. The summed E-state index contributed by atoms with van der Waals surface area (Å²) in [5.41, 5.74) is 3.90. The summed E-state index contributed by atoms with van der Waals surface area (Å²) in [7, 11) is 1.56. The van der Waals surface area contributed by atoms with E-state index in [0.717, 1.165) is 34.0 Å². The highest BCUT2D eigenvalue weighted by atomic mass is 35.5. The Kier molecular flexibility index (Phi) is 3.85. The highest BCUT2D eigenvalue weighted by Gasteiger charge is 2.16. The van der Waals surface area contributed by atoms with Crippen LogP contribution in [-0.4, -0.2) is 18.4 Å². The van der Waals surface area contributed by atoms with Gasteiger partial charge < -0.3 is 9.72 Å². The molecule has 0 aliphatic rings. The van der Waals surface area contributed by atoms with Crippen molar-refractivity contribution in [3.05, 3.63) is 51.5 Å². The number of hydrogen-bond acceptors (Lipinski definition) is 2. The van der Waals surface area contributed by atoms with Crippen LogP contribution in [0.2, 0.25) is 10.0 Å². The molecule has 0 bridgehead atoms. The topological polar surface area (TPSA) is 42.1 Å². The van der Waals surface area contributed by atoms with Crippen LogP contribution in [0.15, 0.2) is 30.3 Å². The first-order valence-electron chi connectivity index (χ1n) is 6.66. The SMILES string of the molecule is COc1ccc(-c2[nH]c3c(C)c(Cl)ccc3c2C=O)cc1Cl. The number of ether oxygens (including phenoxy) is 1. The van der Waals surface area contributed by atoms with Crippen molar-refractivity contribution in [2.45, 2.75) is 6.92 Å². The zero-order valence-corrected chi connectivity index (χ0v) is 13.5. The fraction of sp³-hybridized carbons (Fsp3) is 0.118. The van der Waals surface area contributed by atoms with Crippen molar-refractivity contribution in [3.8, 4) is 17.0 Å². The standard InChI is InChI=1S/C17H13Cl2NO2/c1-9-13(18)5-4-11-12(8-21)17(20-16(9)11)10-3-6-15(22-2)14(19)7-10/h3-8,20H,1-2H3. The molecule has 0 aliphatic carbocycles. The minimum Gasteiger partial charge on any atom is -0.495 e. The molecule has 1 aromatic heterocycles. The van der Waals surface area contributed by atoms with Gasteiger partial charge in [0.15, 0.2) is 6.29 Å². The van der Waals surface area contributed by atoms with Gasteiger partial charge in [0.05, 0.1) is 23.3 Å². The minimum absolute atomic E-state index is 0.491. The number of nitrogens with one attached hydrogen (secondary N) is 1. The molecule has 0 saturated carbocycles. The number of halogens is 2. The Hall–Kier alpha value is -1.97. The Balaban J connectivity index is 2.29. The molecule has 0 fully saturated rings. The van der Waals surface area contributed by atoms with Crippen molar-refractivity contribution in [1.82, 2.24) is 4.98 Å². The summed E-state index contributed by atoms with van der Waals surface area (Å²) in [5, 5.41) is 2.00. The number of carbonyl (C=O) groups is 1. The molecule has 3 rings (SSSR count). The van der Waals surface area contributed by atoms with E-state index in [2.05, 4.69) is 4.98 Å². The van der Waals surface area contributed by atoms with Crippen LogP contribution in [0.3, 0.4) is 0 Å². The Morgan fingerprint density at radius 2 is 1.91 bits per heavy atom. The summed E-state index contributed by atoms with van der Waals surface area (Å²) in [6.07, 6.45) is 0.847. The number of H-pyrrole nitrogens is 1. The van der Waals surface area contributed by atoms with E-state index in [-0.39, 0.29) is 0 Å². The Labute approximate surface area is 137 Å². The lowest BCUT2D eigenvalue weighted by Gasteiger charge is -2.05. The van der Waals surface area contributed by atoms with Gasteiger partial charge in [-0.2, -0.15) is 0 Å². The van der Waals surface area contributed by atoms with Gasteiger partial charge in [0.25, 0.3) is 0 Å². The first-order chi connectivity index (χ1) is 10.6. The molecule has 0 aliphatic heterocycles. The van der Waals surface area contributed by atoms with Crippen molar-refractivity contribution in [3.63, 3.8) is 0 Å². The van der Waals surface area contributed by atoms with E-state index in [1.807, 2.05) is 19.1 Å². The van der Waals surface area contributed by atoms with E-state index in [0.29, 0.717) is 21.4 Å². The van der Waals surface area contributed by atoms with Crippen molar-refractivity contribution in [1.29, 1.82) is 0 Å². The fourth-order valence-electron chi connectivity index (χ4n) is 2.57. The number of methoxy groups -OCH3 is 1. The molecule has 0 saturated heterocycles. The van der Waals surface area contributed by atoms with E-state index < -0.39 is 0 Å². The molecule has 0 unspecified atom stereocenters. The van der Waals surface area contributed by atoms with Crippen LogP contribution in [0.5, 0.6) is 5.75 Å². The van der Waals surface area contributed by atoms with Crippen molar-refractivity contribution in [2.24, 2.45) is 0 Å². The zero-order chi connectivity index (χ0) is 15.9. The highest BCUT2D eigenvalue weighted by Crippen LogP contribution is 2.36. The molecule has 2 aromatic carbocycles. The maximum absolute atomic E-state index is 11.6. The molecular weight excluding hydrogens is 321 g/mol. The first-order valence-corrected chi connectivity index (χ1v) is 7.42. The highest BCUT2D eigenvalue weighted by molar-refractivity contribution is 6.33. The molecular formula is C17H13Cl2NO2. The lowest BCUT2D eigenvalue weighted by Crippen LogP contribution is -1.87. The second kappa shape index (κ2) is 5.67. The number of aromatic nitrogens is 1. The lowest BCUT2D eigenvalue weighted by atomic mass is 10.1. The summed E-state index contributed by atoms with van der Waals surface area (Å²) < 4.78 is 5.16. The maximum atomic E-state index is 11.6. The summed E-state index contributed by atoms with van der Waals surface area (Å²) in [6, 6.07) is 9.05. The molecule has 3 nitrogen and oxygen atoms in total. The van der Waals surface area contributed by atoms with Crippen molar-refractivity contribution < 1.29 is 9.53 Å². The van der Waals surface area contributed by atoms with E-state index >= 15 is 0 Å². The van der Waals surface area contributed by atoms with E-state index in [4.69, 9.17) is 27.9 Å². The smallest absolute Gasteiger partial charge is 0.152 e. The van der Waals surface area contributed by atoms with E-state index in [1.54, 1.807) is 25.3 Å². The lowest BCUT2D eigenvalue weighted by molar-refractivity contribution is 0.112. The summed E-state index contributed by atoms with van der Waals surface area (Å²) in [5.74, 6) is 0.591. The second-order valence-corrected chi connectivity index (χ2v) is 5.79. The van der Waals surface area contributed by atoms with Crippen LogP contribution in [0.1, 0.15) is 15.9 Å². The summed E-state index contributed by atoms with van der Waals surface area (Å²) in [6.45, 7) is 1.92. The number of aldehydes is 1. The number of aryl methyl sites for hydroxylation is 1. The van der Waals surface area contributed by atoms with Crippen LogP contribution >= 0.6 is 23.2 Å². The van der Waals surface area contributed by atoms with Crippen LogP contribution in [0.25, 0.3) is 22.2 Å². The number of aromatic amines is 1. The summed E-state index contributed by atoms with van der Waals surface area (Å²) >= 11 is 12.3. The molecule has 5 heteroatoms. The van der Waals surface area contributed by atoms with Gasteiger partial charge in [0.1, 0.15) is 5.75 Å². The summed E-state index contributed by atoms with van der Waals surface area (Å²) in [4.78, 5) is 14.9. The third kappa shape index (κ3) is 2.27. The quantitative estimate of drug-likeness (QED) is 0.663. The van der Waals surface area contributed by atoms with Crippen molar-refractivity contribution in [2.75, 3.05) is 7.11 Å². The molecule has 0 spiro atoms. The normalized spacial score (nSPS) is 10.9. The van der Waals surface area contributed by atoms with Gasteiger partial charge in [0.2, 0.25) is 0 Å². The first kappa shape index (κ1) is 14.9. The largest absolute Gasteiger partial charge is 0.495 e. The van der Waals surface area contributed by atoms with Gasteiger partial charge in [-0.05, 0) is 36.8 Å². The van der Waals surface area contributed by atoms with Crippen LogP contribution < -0.4 is 4.74 Å². The molecule has 0 amide bonds. The van der Waals surface area contributed by atoms with Crippen LogP contribution in [0, 0.1) is 6.92 Å². The predicted octanol–water partition coefficient (Wildman–Crippen LogP) is 5.27. The van der Waals surface area contributed by atoms with Crippen molar-refractivity contribution >= 4 is 40.4 Å². The van der Waals surface area contributed by atoms with Gasteiger partial charge in [-0.3, -0.25) is 4.79 Å². The average molecular weight is 334 g/mol. The van der Waals surface area contributed by atoms with Crippen LogP contribution in [0.4, 0.5) is 0 Å². The average Bonchev–Trinajstić information content (AvgIpc) is 2.90. The monoisotopic (exact) mass is 333 g/mol. The maximum Gasteiger partial charge on any atom is 0.152 e. The van der Waals surface area contributed by atoms with Gasteiger partial charge in [-0.1, -0.05) is 29.3 Å². The van der Waals surface area contributed by atoms with Crippen LogP contribution in [-0.2, 0) is 0 Å². The van der Waals surface area contributed by atoms with Gasteiger partial charge in [0, 0.05) is 21.5 Å². The molecule has 1 heterocycles. The third-order valence-electron chi connectivity index (χ3n) is 3.77. The molecule has 0 atom stereocenters. The Morgan fingerprint density at radius 1 is 1.14 bits per heavy atom. The molecule has 1 N–H and O–H groups in total. The van der Waals surface area contributed by atoms with Gasteiger partial charge >= 0.3 is 0 Å². The Morgan fingerprint density at radius 3 is 2.55 bits per heavy atom.